The van der Waals surface area contributed by atoms with Crippen LogP contribution < -0.4 is 11.1 Å². The summed E-state index contributed by atoms with van der Waals surface area (Å²) in [5.41, 5.74) is 7.35. The van der Waals surface area contributed by atoms with Crippen LogP contribution in [0.4, 0.5) is 0 Å². The summed E-state index contributed by atoms with van der Waals surface area (Å²) in [7, 11) is 0. The molecule has 0 fully saturated rings. The lowest BCUT2D eigenvalue weighted by molar-refractivity contribution is -0.125. The van der Waals surface area contributed by atoms with E-state index in [0.717, 1.165) is 16.7 Å². The van der Waals surface area contributed by atoms with E-state index in [2.05, 4.69) is 20.3 Å². The number of nitrogens with zero attached hydrogens (tertiary/aromatic N) is 3. The largest absolute Gasteiger partial charge is 0.368 e. The smallest absolute Gasteiger partial charge is 0.242 e. The number of nitrogens with one attached hydrogen (secondary N) is 1. The SMILES string of the molecule is NC(=O)C(Cc1cccnc1)(NCc1cccnc1)c1cccnc1. The van der Waals surface area contributed by atoms with E-state index in [0.29, 0.717) is 13.0 Å². The minimum absolute atomic E-state index is 0.377. The summed E-state index contributed by atoms with van der Waals surface area (Å²) in [6.45, 7) is 0.450. The maximum atomic E-state index is 12.5. The molecule has 3 aromatic heterocycles. The van der Waals surface area contributed by atoms with Gasteiger partial charge in [0.25, 0.3) is 0 Å². The number of pyridine rings is 3. The molecule has 0 aliphatic heterocycles. The Bertz CT molecular complexity index is 811. The van der Waals surface area contributed by atoms with E-state index in [9.17, 15) is 4.79 Å². The molecule has 0 spiro atoms. The van der Waals surface area contributed by atoms with Crippen molar-refractivity contribution in [3.05, 3.63) is 90.3 Å². The summed E-state index contributed by atoms with van der Waals surface area (Å²) in [5.74, 6) is -0.465. The monoisotopic (exact) mass is 333 g/mol. The molecule has 0 saturated carbocycles. The van der Waals surface area contributed by atoms with E-state index >= 15 is 0 Å². The second-order valence-electron chi connectivity index (χ2n) is 5.76. The molecule has 3 N–H and O–H groups in total. The lowest BCUT2D eigenvalue weighted by atomic mass is 9.84. The first-order chi connectivity index (χ1) is 12.2. The third-order valence-corrected chi connectivity index (χ3v) is 4.08. The number of aromatic nitrogens is 3. The average Bonchev–Trinajstić information content (AvgIpc) is 2.67. The van der Waals surface area contributed by atoms with E-state index in [4.69, 9.17) is 5.73 Å². The highest BCUT2D eigenvalue weighted by atomic mass is 16.1. The van der Waals surface area contributed by atoms with E-state index in [1.807, 2.05) is 30.3 Å². The van der Waals surface area contributed by atoms with E-state index in [1.54, 1.807) is 43.2 Å². The van der Waals surface area contributed by atoms with Crippen LogP contribution in [0.15, 0.2) is 73.6 Å². The van der Waals surface area contributed by atoms with Crippen LogP contribution in [0, 0.1) is 0 Å². The zero-order valence-corrected chi connectivity index (χ0v) is 13.7. The number of rotatable bonds is 7. The molecule has 126 valence electrons. The van der Waals surface area contributed by atoms with Gasteiger partial charge in [-0.25, -0.2) is 0 Å². The van der Waals surface area contributed by atoms with Gasteiger partial charge in [-0.05, 0) is 29.3 Å². The van der Waals surface area contributed by atoms with Gasteiger partial charge in [0.2, 0.25) is 5.91 Å². The lowest BCUT2D eigenvalue weighted by Crippen LogP contribution is -2.54. The first-order valence-electron chi connectivity index (χ1n) is 7.94. The number of carbonyl (C=O) groups is 1. The molecule has 3 heterocycles. The molecular weight excluding hydrogens is 314 g/mol. The van der Waals surface area contributed by atoms with E-state index in [-0.39, 0.29) is 0 Å². The highest BCUT2D eigenvalue weighted by Gasteiger charge is 2.38. The predicted molar refractivity (Wildman–Crippen MR) is 94.1 cm³/mol. The fraction of sp³-hybridized carbons (Fsp3) is 0.158. The molecule has 25 heavy (non-hydrogen) atoms. The van der Waals surface area contributed by atoms with Crippen molar-refractivity contribution in [3.8, 4) is 0 Å². The predicted octanol–water partition coefficient (Wildman–Crippen LogP) is 1.58. The number of primary amides is 1. The summed E-state index contributed by atoms with van der Waals surface area (Å²) in [6, 6.07) is 11.2. The summed E-state index contributed by atoms with van der Waals surface area (Å²) in [6.07, 6.45) is 10.6. The Morgan fingerprint density at radius 3 is 2.04 bits per heavy atom. The molecule has 0 aromatic carbocycles. The first kappa shape index (κ1) is 16.7. The molecule has 1 unspecified atom stereocenters. The summed E-state index contributed by atoms with van der Waals surface area (Å²) in [4.78, 5) is 24.9. The van der Waals surface area contributed by atoms with Crippen molar-refractivity contribution in [1.82, 2.24) is 20.3 Å². The second kappa shape index (κ2) is 7.63. The topological polar surface area (TPSA) is 93.8 Å². The van der Waals surface area contributed by atoms with Crippen molar-refractivity contribution < 1.29 is 4.79 Å². The van der Waals surface area contributed by atoms with Gasteiger partial charge in [0.1, 0.15) is 5.54 Å². The zero-order valence-electron chi connectivity index (χ0n) is 13.7. The van der Waals surface area contributed by atoms with Gasteiger partial charge in [0.15, 0.2) is 0 Å². The highest BCUT2D eigenvalue weighted by Crippen LogP contribution is 2.26. The van der Waals surface area contributed by atoms with Gasteiger partial charge >= 0.3 is 0 Å². The van der Waals surface area contributed by atoms with Crippen molar-refractivity contribution in [1.29, 1.82) is 0 Å². The average molecular weight is 333 g/mol. The molecule has 6 nitrogen and oxygen atoms in total. The Morgan fingerprint density at radius 2 is 1.52 bits per heavy atom. The van der Waals surface area contributed by atoms with Gasteiger partial charge in [0.05, 0.1) is 0 Å². The molecule has 6 heteroatoms. The standard InChI is InChI=1S/C19H19N5O/c20-18(25)19(17-6-3-9-23-14-17,10-15-4-1-7-21-11-15)24-13-16-5-2-8-22-12-16/h1-9,11-12,14,24H,10,13H2,(H2,20,25). The third-order valence-electron chi connectivity index (χ3n) is 4.08. The number of hydrogen-bond acceptors (Lipinski definition) is 5. The van der Waals surface area contributed by atoms with Crippen LogP contribution in [0.1, 0.15) is 16.7 Å². The Balaban J connectivity index is 1.97. The van der Waals surface area contributed by atoms with Crippen molar-refractivity contribution in [2.45, 2.75) is 18.5 Å². The van der Waals surface area contributed by atoms with Crippen LogP contribution in [-0.2, 0) is 23.3 Å². The van der Waals surface area contributed by atoms with Crippen molar-refractivity contribution in [2.75, 3.05) is 0 Å². The molecule has 1 amide bonds. The quantitative estimate of drug-likeness (QED) is 0.685. The maximum absolute atomic E-state index is 12.5. The van der Waals surface area contributed by atoms with Crippen LogP contribution in [0.5, 0.6) is 0 Å². The highest BCUT2D eigenvalue weighted by molar-refractivity contribution is 5.86. The minimum atomic E-state index is -1.09. The Labute approximate surface area is 146 Å². The van der Waals surface area contributed by atoms with Gasteiger partial charge in [-0.3, -0.25) is 25.1 Å². The molecule has 0 aliphatic rings. The third kappa shape index (κ3) is 3.87. The molecule has 3 aromatic rings. The van der Waals surface area contributed by atoms with Gasteiger partial charge in [0, 0.05) is 55.7 Å². The Hall–Kier alpha value is -3.12. The molecule has 0 aliphatic carbocycles. The number of amides is 1. The molecular formula is C19H19N5O. The van der Waals surface area contributed by atoms with Gasteiger partial charge in [-0.1, -0.05) is 18.2 Å². The van der Waals surface area contributed by atoms with Crippen molar-refractivity contribution in [3.63, 3.8) is 0 Å². The van der Waals surface area contributed by atoms with Gasteiger partial charge < -0.3 is 5.73 Å². The second-order valence-corrected chi connectivity index (χ2v) is 5.76. The molecule has 0 saturated heterocycles. The van der Waals surface area contributed by atoms with Crippen molar-refractivity contribution >= 4 is 5.91 Å². The molecule has 3 rings (SSSR count). The van der Waals surface area contributed by atoms with Crippen molar-refractivity contribution in [2.24, 2.45) is 5.73 Å². The van der Waals surface area contributed by atoms with Crippen LogP contribution in [0.2, 0.25) is 0 Å². The summed E-state index contributed by atoms with van der Waals surface area (Å²) in [5, 5.41) is 3.33. The number of carbonyl (C=O) groups excluding carboxylic acids is 1. The van der Waals surface area contributed by atoms with Crippen LogP contribution >= 0.6 is 0 Å². The Kier molecular flexibility index (Phi) is 5.11. The van der Waals surface area contributed by atoms with E-state index < -0.39 is 11.4 Å². The first-order valence-corrected chi connectivity index (χ1v) is 7.94. The van der Waals surface area contributed by atoms with Crippen LogP contribution in [0.25, 0.3) is 0 Å². The normalized spacial score (nSPS) is 13.1. The number of hydrogen-bond donors (Lipinski definition) is 2. The van der Waals surface area contributed by atoms with Crippen LogP contribution in [-0.4, -0.2) is 20.9 Å². The van der Waals surface area contributed by atoms with Gasteiger partial charge in [-0.2, -0.15) is 0 Å². The maximum Gasteiger partial charge on any atom is 0.242 e. The number of nitrogens with two attached hydrogens (primary N) is 1. The lowest BCUT2D eigenvalue weighted by Gasteiger charge is -2.32. The fourth-order valence-corrected chi connectivity index (χ4v) is 2.76. The summed E-state index contributed by atoms with van der Waals surface area (Å²) >= 11 is 0. The zero-order chi connectivity index (χ0) is 17.5. The molecule has 1 atom stereocenters. The molecule has 0 bridgehead atoms. The van der Waals surface area contributed by atoms with E-state index in [1.165, 1.54) is 0 Å². The summed E-state index contributed by atoms with van der Waals surface area (Å²) < 4.78 is 0. The minimum Gasteiger partial charge on any atom is -0.368 e. The van der Waals surface area contributed by atoms with Crippen LogP contribution in [0.3, 0.4) is 0 Å². The Morgan fingerprint density at radius 1 is 0.920 bits per heavy atom. The fourth-order valence-electron chi connectivity index (χ4n) is 2.76. The molecule has 0 radical (unpaired) electrons. The van der Waals surface area contributed by atoms with Gasteiger partial charge in [-0.15, -0.1) is 0 Å².